The van der Waals surface area contributed by atoms with E-state index in [1.807, 2.05) is 0 Å². The monoisotopic (exact) mass is 207 g/mol. The molecule has 0 unspecified atom stereocenters. The van der Waals surface area contributed by atoms with Crippen LogP contribution in [0.5, 0.6) is 0 Å². The highest BCUT2D eigenvalue weighted by atomic mass is 35.5. The van der Waals surface area contributed by atoms with E-state index >= 15 is 0 Å². The number of halogens is 1. The highest BCUT2D eigenvalue weighted by molar-refractivity contribution is 6.67. The molecule has 0 aliphatic heterocycles. The Labute approximate surface area is 84.9 Å². The summed E-state index contributed by atoms with van der Waals surface area (Å²) in [5.74, 6) is 0. The average molecular weight is 208 g/mol. The van der Waals surface area contributed by atoms with Gasteiger partial charge in [-0.1, -0.05) is 0 Å². The number of nitrogens with one attached hydrogen (secondary N) is 1. The van der Waals surface area contributed by atoms with Crippen LogP contribution in [0.4, 0.5) is 0 Å². The van der Waals surface area contributed by atoms with Crippen molar-refractivity contribution in [2.24, 2.45) is 0 Å². The number of carbonyl (C=O) groups is 1. The molecule has 0 aromatic carbocycles. The van der Waals surface area contributed by atoms with Crippen molar-refractivity contribution in [2.45, 2.75) is 0 Å². The molecule has 1 N–H and O–H groups in total. The molecule has 2 aromatic heterocycles. The number of aromatic nitrogens is 3. The number of hydrogen-bond acceptors (Lipinski definition) is 3. The molecule has 0 spiro atoms. The number of aromatic amines is 1. The fourth-order valence-electron chi connectivity index (χ4n) is 1.09. The lowest BCUT2D eigenvalue weighted by Crippen LogP contribution is -1.86. The minimum absolute atomic E-state index is 0.290. The van der Waals surface area contributed by atoms with Crippen LogP contribution in [0.3, 0.4) is 0 Å². The summed E-state index contributed by atoms with van der Waals surface area (Å²) in [6, 6.07) is 5.21. The van der Waals surface area contributed by atoms with Crippen molar-refractivity contribution < 1.29 is 4.79 Å². The van der Waals surface area contributed by atoms with Crippen molar-refractivity contribution in [3.8, 4) is 11.3 Å². The van der Waals surface area contributed by atoms with Gasteiger partial charge in [-0.25, -0.2) is 0 Å². The van der Waals surface area contributed by atoms with Gasteiger partial charge in [0, 0.05) is 18.0 Å². The van der Waals surface area contributed by atoms with Crippen LogP contribution in [0.15, 0.2) is 30.6 Å². The third kappa shape index (κ3) is 1.65. The highest BCUT2D eigenvalue weighted by Crippen LogP contribution is 2.16. The molecule has 0 radical (unpaired) electrons. The van der Waals surface area contributed by atoms with Gasteiger partial charge in [-0.3, -0.25) is 14.9 Å². The minimum atomic E-state index is -0.544. The number of rotatable bonds is 2. The molecule has 2 rings (SSSR count). The summed E-state index contributed by atoms with van der Waals surface area (Å²) in [7, 11) is 0. The van der Waals surface area contributed by atoms with Crippen LogP contribution in [0.1, 0.15) is 10.5 Å². The molecule has 0 fully saturated rings. The lowest BCUT2D eigenvalue weighted by atomic mass is 10.2. The third-order valence-corrected chi connectivity index (χ3v) is 1.97. The van der Waals surface area contributed by atoms with E-state index in [0.717, 1.165) is 5.56 Å². The van der Waals surface area contributed by atoms with Crippen LogP contribution in [0, 0.1) is 0 Å². The second-order valence-electron chi connectivity index (χ2n) is 2.68. The van der Waals surface area contributed by atoms with Crippen molar-refractivity contribution in [2.75, 3.05) is 0 Å². The normalized spacial score (nSPS) is 10.1. The van der Waals surface area contributed by atoms with Gasteiger partial charge in [0.15, 0.2) is 0 Å². The predicted octanol–water partition coefficient (Wildman–Crippen LogP) is 1.85. The second-order valence-corrected chi connectivity index (χ2v) is 3.02. The first-order valence-corrected chi connectivity index (χ1v) is 4.31. The van der Waals surface area contributed by atoms with Crippen LogP contribution in [0.2, 0.25) is 0 Å². The topological polar surface area (TPSA) is 58.6 Å². The van der Waals surface area contributed by atoms with E-state index in [2.05, 4.69) is 15.2 Å². The van der Waals surface area contributed by atoms with Crippen molar-refractivity contribution in [3.63, 3.8) is 0 Å². The summed E-state index contributed by atoms with van der Waals surface area (Å²) in [4.78, 5) is 14.7. The number of hydrogen-bond donors (Lipinski definition) is 1. The van der Waals surface area contributed by atoms with Gasteiger partial charge >= 0.3 is 0 Å². The van der Waals surface area contributed by atoms with Crippen LogP contribution in [-0.4, -0.2) is 20.4 Å². The lowest BCUT2D eigenvalue weighted by molar-refractivity contribution is 0.107. The van der Waals surface area contributed by atoms with Crippen molar-refractivity contribution in [1.29, 1.82) is 0 Å². The molecule has 2 heterocycles. The smallest absolute Gasteiger partial charge is 0.270 e. The Morgan fingerprint density at radius 2 is 2.07 bits per heavy atom. The van der Waals surface area contributed by atoms with E-state index in [1.54, 1.807) is 30.6 Å². The molecule has 70 valence electrons. The zero-order valence-electron chi connectivity index (χ0n) is 7.07. The van der Waals surface area contributed by atoms with Crippen LogP contribution in [-0.2, 0) is 0 Å². The molecule has 0 atom stereocenters. The van der Waals surface area contributed by atoms with Gasteiger partial charge in [-0.15, -0.1) is 0 Å². The van der Waals surface area contributed by atoms with Crippen LogP contribution in [0.25, 0.3) is 11.3 Å². The first-order chi connectivity index (χ1) is 6.77. The summed E-state index contributed by atoms with van der Waals surface area (Å²) in [6.45, 7) is 0. The summed E-state index contributed by atoms with van der Waals surface area (Å²) in [5.41, 5.74) is 1.86. The third-order valence-electron chi connectivity index (χ3n) is 1.77. The van der Waals surface area contributed by atoms with Gasteiger partial charge in [-0.05, 0) is 29.8 Å². The first-order valence-electron chi connectivity index (χ1n) is 3.93. The number of carbonyl (C=O) groups excluding carboxylic acids is 1. The van der Waals surface area contributed by atoms with Gasteiger partial charge in [0.2, 0.25) is 0 Å². The van der Waals surface area contributed by atoms with E-state index in [-0.39, 0.29) is 0 Å². The molecular weight excluding hydrogens is 202 g/mol. The molecule has 2 aromatic rings. The maximum absolute atomic E-state index is 10.8. The molecule has 4 nitrogen and oxygen atoms in total. The van der Waals surface area contributed by atoms with Crippen molar-refractivity contribution in [3.05, 3.63) is 36.3 Å². The average Bonchev–Trinajstić information content (AvgIpc) is 2.68. The SMILES string of the molecule is O=C(Cl)c1cc(-c2ccncc2)n[nH]1. The zero-order valence-corrected chi connectivity index (χ0v) is 7.82. The fourth-order valence-corrected chi connectivity index (χ4v) is 1.19. The Bertz CT molecular complexity index is 452. The van der Waals surface area contributed by atoms with Gasteiger partial charge < -0.3 is 0 Å². The largest absolute Gasteiger partial charge is 0.274 e. The van der Waals surface area contributed by atoms with Gasteiger partial charge in [0.25, 0.3) is 5.24 Å². The predicted molar refractivity (Wildman–Crippen MR) is 52.0 cm³/mol. The standard InChI is InChI=1S/C9H6ClN3O/c10-9(14)8-5-7(12-13-8)6-1-3-11-4-2-6/h1-5H,(H,12,13). The van der Waals surface area contributed by atoms with Gasteiger partial charge in [0.1, 0.15) is 5.69 Å². The van der Waals surface area contributed by atoms with E-state index in [0.29, 0.717) is 11.4 Å². The second kappa shape index (κ2) is 3.59. The molecule has 0 saturated heterocycles. The minimum Gasteiger partial charge on any atom is -0.274 e. The maximum Gasteiger partial charge on any atom is 0.270 e. The Morgan fingerprint density at radius 1 is 1.36 bits per heavy atom. The van der Waals surface area contributed by atoms with Crippen molar-refractivity contribution >= 4 is 16.8 Å². The number of H-pyrrole nitrogens is 1. The Morgan fingerprint density at radius 3 is 2.64 bits per heavy atom. The Kier molecular flexibility index (Phi) is 2.28. The van der Waals surface area contributed by atoms with Crippen LogP contribution < -0.4 is 0 Å². The highest BCUT2D eigenvalue weighted by Gasteiger charge is 2.07. The molecule has 0 aliphatic rings. The molecule has 0 bridgehead atoms. The van der Waals surface area contributed by atoms with E-state index < -0.39 is 5.24 Å². The molecular formula is C9H6ClN3O. The summed E-state index contributed by atoms with van der Waals surface area (Å²) < 4.78 is 0. The molecule has 0 aliphatic carbocycles. The molecule has 14 heavy (non-hydrogen) atoms. The van der Waals surface area contributed by atoms with E-state index in [9.17, 15) is 4.79 Å². The van der Waals surface area contributed by atoms with Crippen LogP contribution >= 0.6 is 11.6 Å². The quantitative estimate of drug-likeness (QED) is 0.765. The summed E-state index contributed by atoms with van der Waals surface area (Å²) in [5, 5.41) is 5.96. The maximum atomic E-state index is 10.8. The molecule has 0 saturated carbocycles. The molecule has 0 amide bonds. The van der Waals surface area contributed by atoms with Gasteiger partial charge in [-0.2, -0.15) is 5.10 Å². The van der Waals surface area contributed by atoms with E-state index in [1.165, 1.54) is 0 Å². The van der Waals surface area contributed by atoms with Crippen molar-refractivity contribution in [1.82, 2.24) is 15.2 Å². The zero-order chi connectivity index (χ0) is 9.97. The van der Waals surface area contributed by atoms with Gasteiger partial charge in [0.05, 0.1) is 5.69 Å². The Hall–Kier alpha value is -1.68. The number of nitrogens with zero attached hydrogens (tertiary/aromatic N) is 2. The van der Waals surface area contributed by atoms with E-state index in [4.69, 9.17) is 11.6 Å². The lowest BCUT2D eigenvalue weighted by Gasteiger charge is -1.91. The first kappa shape index (κ1) is 8.90. The fraction of sp³-hybridized carbons (Fsp3) is 0. The molecule has 5 heteroatoms. The number of pyridine rings is 1. The summed E-state index contributed by atoms with van der Waals surface area (Å²) >= 11 is 5.28. The summed E-state index contributed by atoms with van der Waals surface area (Å²) in [6.07, 6.45) is 3.32. The Balaban J connectivity index is 2.39.